The van der Waals surface area contributed by atoms with E-state index in [0.29, 0.717) is 23.9 Å². The first kappa shape index (κ1) is 15.6. The van der Waals surface area contributed by atoms with Crippen LogP contribution in [0.3, 0.4) is 0 Å². The molecule has 1 fully saturated rings. The van der Waals surface area contributed by atoms with E-state index in [1.165, 1.54) is 11.8 Å². The van der Waals surface area contributed by atoms with Crippen molar-refractivity contribution < 1.29 is 4.79 Å². The molecule has 0 unspecified atom stereocenters. The number of hydrogen-bond acceptors (Lipinski definition) is 4. The van der Waals surface area contributed by atoms with Gasteiger partial charge in [-0.1, -0.05) is 12.1 Å². The fourth-order valence-corrected chi connectivity index (χ4v) is 3.06. The molecule has 0 aliphatic heterocycles. The average molecular weight is 323 g/mol. The van der Waals surface area contributed by atoms with Crippen molar-refractivity contribution >= 4 is 17.7 Å². The highest BCUT2D eigenvalue weighted by atomic mass is 32.2. The normalized spacial score (nSPS) is 13.3. The van der Waals surface area contributed by atoms with Crippen LogP contribution in [-0.4, -0.2) is 27.6 Å². The van der Waals surface area contributed by atoms with Crippen molar-refractivity contribution in [3.05, 3.63) is 59.9 Å². The van der Waals surface area contributed by atoms with Gasteiger partial charge < -0.3 is 4.90 Å². The van der Waals surface area contributed by atoms with Gasteiger partial charge in [-0.3, -0.25) is 9.78 Å². The monoisotopic (exact) mass is 323 g/mol. The summed E-state index contributed by atoms with van der Waals surface area (Å²) < 4.78 is 0. The molecule has 1 aliphatic rings. The van der Waals surface area contributed by atoms with E-state index in [0.717, 1.165) is 23.3 Å². The predicted octanol–water partition coefficient (Wildman–Crippen LogP) is 3.50. The molecule has 0 bridgehead atoms. The maximum Gasteiger partial charge on any atom is 0.254 e. The van der Waals surface area contributed by atoms with Gasteiger partial charge in [-0.2, -0.15) is 5.26 Å². The molecular formula is C18H17N3OS. The summed E-state index contributed by atoms with van der Waals surface area (Å²) in [4.78, 5) is 19.9. The average Bonchev–Trinajstić information content (AvgIpc) is 3.43. The van der Waals surface area contributed by atoms with Crippen LogP contribution in [0, 0.1) is 11.3 Å². The summed E-state index contributed by atoms with van der Waals surface area (Å²) >= 11 is 1.45. The molecule has 1 saturated carbocycles. The summed E-state index contributed by atoms with van der Waals surface area (Å²) in [7, 11) is 0. The van der Waals surface area contributed by atoms with Crippen molar-refractivity contribution in [1.29, 1.82) is 5.26 Å². The van der Waals surface area contributed by atoms with Crippen LogP contribution in [0.25, 0.3) is 0 Å². The lowest BCUT2D eigenvalue weighted by atomic mass is 10.1. The standard InChI is InChI=1S/C18H17N3OS/c19-8-10-23-17-5-1-4-15(11-17)18(22)21(16-6-7-16)13-14-3-2-9-20-12-14/h1-5,9,11-12,16H,6-7,10,13H2. The molecule has 2 aromatic rings. The highest BCUT2D eigenvalue weighted by molar-refractivity contribution is 7.99. The maximum atomic E-state index is 12.9. The van der Waals surface area contributed by atoms with E-state index in [2.05, 4.69) is 11.1 Å². The van der Waals surface area contributed by atoms with Crippen molar-refractivity contribution in [3.8, 4) is 6.07 Å². The van der Waals surface area contributed by atoms with Gasteiger partial charge in [-0.25, -0.2) is 0 Å². The third kappa shape index (κ3) is 4.11. The van der Waals surface area contributed by atoms with E-state index in [4.69, 9.17) is 5.26 Å². The zero-order chi connectivity index (χ0) is 16.1. The van der Waals surface area contributed by atoms with Gasteiger partial charge in [0.25, 0.3) is 5.91 Å². The fourth-order valence-electron chi connectivity index (χ4n) is 2.44. The van der Waals surface area contributed by atoms with Gasteiger partial charge in [-0.15, -0.1) is 11.8 Å². The molecule has 1 aromatic carbocycles. The molecule has 0 saturated heterocycles. The largest absolute Gasteiger partial charge is 0.331 e. The summed E-state index contributed by atoms with van der Waals surface area (Å²) in [6.45, 7) is 0.590. The minimum Gasteiger partial charge on any atom is -0.331 e. The van der Waals surface area contributed by atoms with E-state index >= 15 is 0 Å². The zero-order valence-electron chi connectivity index (χ0n) is 12.7. The van der Waals surface area contributed by atoms with E-state index in [1.54, 1.807) is 6.20 Å². The molecule has 0 spiro atoms. The first-order valence-corrected chi connectivity index (χ1v) is 8.56. The molecule has 4 nitrogen and oxygen atoms in total. The number of benzene rings is 1. The molecule has 23 heavy (non-hydrogen) atoms. The van der Waals surface area contributed by atoms with Gasteiger partial charge in [0.2, 0.25) is 0 Å². The Balaban J connectivity index is 1.77. The number of amides is 1. The van der Waals surface area contributed by atoms with Gasteiger partial charge in [0, 0.05) is 35.4 Å². The van der Waals surface area contributed by atoms with Gasteiger partial charge in [0.1, 0.15) is 0 Å². The Kier molecular flexibility index (Phi) is 4.94. The molecule has 3 rings (SSSR count). The summed E-state index contributed by atoms with van der Waals surface area (Å²) in [5.74, 6) is 0.440. The first-order chi connectivity index (χ1) is 11.3. The molecule has 1 aromatic heterocycles. The molecule has 1 amide bonds. The lowest BCUT2D eigenvalue weighted by Crippen LogP contribution is -2.32. The molecule has 1 aliphatic carbocycles. The van der Waals surface area contributed by atoms with Crippen molar-refractivity contribution in [1.82, 2.24) is 9.88 Å². The second kappa shape index (κ2) is 7.30. The van der Waals surface area contributed by atoms with Crippen molar-refractivity contribution in [3.63, 3.8) is 0 Å². The quantitative estimate of drug-likeness (QED) is 0.763. The third-order valence-electron chi connectivity index (χ3n) is 3.71. The number of nitrogens with zero attached hydrogens (tertiary/aromatic N) is 3. The van der Waals surface area contributed by atoms with E-state index in [1.807, 2.05) is 47.5 Å². The molecule has 0 N–H and O–H groups in total. The Bertz CT molecular complexity index is 723. The Morgan fingerprint density at radius 1 is 1.35 bits per heavy atom. The number of aromatic nitrogens is 1. The smallest absolute Gasteiger partial charge is 0.254 e. The van der Waals surface area contributed by atoms with Crippen LogP contribution in [0.1, 0.15) is 28.8 Å². The van der Waals surface area contributed by atoms with Gasteiger partial charge in [0.15, 0.2) is 0 Å². The zero-order valence-corrected chi connectivity index (χ0v) is 13.5. The Labute approximate surface area is 140 Å². The molecule has 116 valence electrons. The third-order valence-corrected chi connectivity index (χ3v) is 4.57. The highest BCUT2D eigenvalue weighted by Gasteiger charge is 2.33. The second-order valence-corrected chi connectivity index (χ2v) is 6.55. The van der Waals surface area contributed by atoms with Crippen LogP contribution in [0.4, 0.5) is 0 Å². The van der Waals surface area contributed by atoms with Gasteiger partial charge in [-0.05, 0) is 42.7 Å². The summed E-state index contributed by atoms with van der Waals surface area (Å²) in [6, 6.07) is 13.9. The maximum absolute atomic E-state index is 12.9. The Morgan fingerprint density at radius 2 is 2.22 bits per heavy atom. The molecular weight excluding hydrogens is 306 g/mol. The summed E-state index contributed by atoms with van der Waals surface area (Å²) in [5, 5.41) is 8.69. The van der Waals surface area contributed by atoms with Crippen LogP contribution in [-0.2, 0) is 6.54 Å². The minimum absolute atomic E-state index is 0.0516. The van der Waals surface area contributed by atoms with Crippen molar-refractivity contribution in [2.45, 2.75) is 30.3 Å². The number of carbonyl (C=O) groups is 1. The van der Waals surface area contributed by atoms with Crippen LogP contribution in [0.5, 0.6) is 0 Å². The number of nitriles is 1. The van der Waals surface area contributed by atoms with E-state index < -0.39 is 0 Å². The number of carbonyl (C=O) groups excluding carboxylic acids is 1. The topological polar surface area (TPSA) is 57.0 Å². The van der Waals surface area contributed by atoms with Crippen LogP contribution in [0.2, 0.25) is 0 Å². The predicted molar refractivity (Wildman–Crippen MR) is 89.9 cm³/mol. The van der Waals surface area contributed by atoms with Gasteiger partial charge >= 0.3 is 0 Å². The molecule has 0 atom stereocenters. The van der Waals surface area contributed by atoms with Crippen molar-refractivity contribution in [2.75, 3.05) is 5.75 Å². The van der Waals surface area contributed by atoms with Crippen LogP contribution < -0.4 is 0 Å². The second-order valence-electron chi connectivity index (χ2n) is 5.50. The minimum atomic E-state index is 0.0516. The number of pyridine rings is 1. The SMILES string of the molecule is N#CCSc1cccc(C(=O)N(Cc2cccnc2)C2CC2)c1. The van der Waals surface area contributed by atoms with E-state index in [9.17, 15) is 4.79 Å². The van der Waals surface area contributed by atoms with Crippen LogP contribution >= 0.6 is 11.8 Å². The Hall–Kier alpha value is -2.32. The van der Waals surface area contributed by atoms with Gasteiger partial charge in [0.05, 0.1) is 11.8 Å². The Morgan fingerprint density at radius 3 is 2.91 bits per heavy atom. The summed E-state index contributed by atoms with van der Waals surface area (Å²) in [5.41, 5.74) is 1.73. The molecule has 5 heteroatoms. The van der Waals surface area contributed by atoms with Crippen molar-refractivity contribution in [2.24, 2.45) is 0 Å². The lowest BCUT2D eigenvalue weighted by molar-refractivity contribution is 0.0729. The fraction of sp³-hybridized carbons (Fsp3) is 0.278. The number of thioether (sulfide) groups is 1. The molecule has 1 heterocycles. The number of rotatable bonds is 6. The highest BCUT2D eigenvalue weighted by Crippen LogP contribution is 2.30. The first-order valence-electron chi connectivity index (χ1n) is 7.57. The van der Waals surface area contributed by atoms with E-state index in [-0.39, 0.29) is 5.91 Å². The lowest BCUT2D eigenvalue weighted by Gasteiger charge is -2.22. The number of hydrogen-bond donors (Lipinski definition) is 0. The molecule has 0 radical (unpaired) electrons. The summed E-state index contributed by atoms with van der Waals surface area (Å²) in [6.07, 6.45) is 5.67. The van der Waals surface area contributed by atoms with Crippen LogP contribution in [0.15, 0.2) is 53.7 Å².